The minimum atomic E-state index is 1.11. The van der Waals surface area contributed by atoms with Gasteiger partial charge in [-0.1, -0.05) is 69.1 Å². The monoisotopic (exact) mass is 487 g/mol. The lowest BCUT2D eigenvalue weighted by atomic mass is 10.1. The number of benzene rings is 3. The zero-order chi connectivity index (χ0) is 18.1. The van der Waals surface area contributed by atoms with E-state index in [9.17, 15) is 0 Å². The maximum absolute atomic E-state index is 3.61. The van der Waals surface area contributed by atoms with E-state index in [4.69, 9.17) is 0 Å². The topological polar surface area (TPSA) is 3.24 Å². The molecule has 3 aromatic carbocycles. The highest BCUT2D eigenvalue weighted by Gasteiger charge is 2.25. The molecular weight excluding hydrogens is 470 g/mol. The van der Waals surface area contributed by atoms with Crippen LogP contribution in [0.1, 0.15) is 25.3 Å². The number of hydrogen-bond acceptors (Lipinski definition) is 2. The van der Waals surface area contributed by atoms with E-state index in [1.807, 2.05) is 11.8 Å². The second-order valence-corrected chi connectivity index (χ2v) is 9.35. The second kappa shape index (κ2) is 7.79. The molecule has 132 valence electrons. The highest BCUT2D eigenvalue weighted by molar-refractivity contribution is 9.10. The molecule has 26 heavy (non-hydrogen) atoms. The van der Waals surface area contributed by atoms with Gasteiger partial charge in [0.05, 0.1) is 11.4 Å². The molecule has 0 unspecified atom stereocenters. The van der Waals surface area contributed by atoms with Crippen molar-refractivity contribution in [3.05, 3.63) is 75.2 Å². The number of anilines is 3. The third-order valence-electron chi connectivity index (χ3n) is 4.56. The smallest absolute Gasteiger partial charge is 0.0602 e. The lowest BCUT2D eigenvalue weighted by Gasteiger charge is -2.33. The van der Waals surface area contributed by atoms with Crippen molar-refractivity contribution in [3.8, 4) is 0 Å². The average molecular weight is 489 g/mol. The summed E-state index contributed by atoms with van der Waals surface area (Å²) in [5, 5.41) is 0. The van der Waals surface area contributed by atoms with Gasteiger partial charge in [0.25, 0.3) is 0 Å². The number of aryl methyl sites for hydroxylation is 1. The van der Waals surface area contributed by atoms with Crippen molar-refractivity contribution in [2.24, 2.45) is 0 Å². The van der Waals surface area contributed by atoms with Gasteiger partial charge in [-0.25, -0.2) is 0 Å². The van der Waals surface area contributed by atoms with Crippen molar-refractivity contribution in [1.29, 1.82) is 0 Å². The van der Waals surface area contributed by atoms with E-state index in [0.29, 0.717) is 0 Å². The van der Waals surface area contributed by atoms with Gasteiger partial charge < -0.3 is 4.90 Å². The Hall–Kier alpha value is -1.23. The molecule has 1 nitrogen and oxygen atoms in total. The average Bonchev–Trinajstić information content (AvgIpc) is 2.64. The van der Waals surface area contributed by atoms with Crippen molar-refractivity contribution in [2.75, 3.05) is 4.90 Å². The lowest BCUT2D eigenvalue weighted by Crippen LogP contribution is -2.14. The Morgan fingerprint density at radius 1 is 0.808 bits per heavy atom. The maximum Gasteiger partial charge on any atom is 0.0602 e. The summed E-state index contributed by atoms with van der Waals surface area (Å²) >= 11 is 9.05. The van der Waals surface area contributed by atoms with Crippen molar-refractivity contribution in [1.82, 2.24) is 0 Å². The molecule has 0 radical (unpaired) electrons. The van der Waals surface area contributed by atoms with E-state index in [-0.39, 0.29) is 0 Å². The number of nitrogens with zero attached hydrogens (tertiary/aromatic N) is 1. The summed E-state index contributed by atoms with van der Waals surface area (Å²) in [7, 11) is 0. The summed E-state index contributed by atoms with van der Waals surface area (Å²) in [6.07, 6.45) is 3.63. The van der Waals surface area contributed by atoms with Gasteiger partial charge in [0, 0.05) is 24.4 Å². The number of rotatable bonds is 4. The Morgan fingerprint density at radius 2 is 1.38 bits per heavy atom. The third kappa shape index (κ3) is 3.60. The first-order valence-corrected chi connectivity index (χ1v) is 11.2. The Kier molecular flexibility index (Phi) is 5.44. The van der Waals surface area contributed by atoms with Crippen LogP contribution < -0.4 is 4.90 Å². The fourth-order valence-corrected chi connectivity index (χ4v) is 5.39. The zero-order valence-electron chi connectivity index (χ0n) is 14.5. The molecule has 3 aromatic rings. The van der Waals surface area contributed by atoms with E-state index in [1.165, 1.54) is 45.3 Å². The molecule has 0 atom stereocenters. The molecule has 4 heteroatoms. The molecule has 0 bridgehead atoms. The van der Waals surface area contributed by atoms with E-state index in [0.717, 1.165) is 15.4 Å². The van der Waals surface area contributed by atoms with Gasteiger partial charge >= 0.3 is 0 Å². The van der Waals surface area contributed by atoms with Crippen molar-refractivity contribution >= 4 is 60.7 Å². The maximum atomic E-state index is 3.61. The largest absolute Gasteiger partial charge is 0.308 e. The minimum absolute atomic E-state index is 1.11. The molecule has 0 amide bonds. The summed E-state index contributed by atoms with van der Waals surface area (Å²) in [5.41, 5.74) is 5.08. The zero-order valence-corrected chi connectivity index (χ0v) is 18.5. The van der Waals surface area contributed by atoms with Gasteiger partial charge in [0.1, 0.15) is 0 Å². The van der Waals surface area contributed by atoms with E-state index in [2.05, 4.69) is 104 Å². The highest BCUT2D eigenvalue weighted by atomic mass is 79.9. The number of hydrogen-bond donors (Lipinski definition) is 0. The predicted octanol–water partition coefficient (Wildman–Crippen LogP) is 8.49. The van der Waals surface area contributed by atoms with Crippen LogP contribution >= 0.6 is 43.6 Å². The standard InChI is InChI=1S/C22H19Br2NS/c1-2-3-4-15-5-9-18(10-6-15)25-19-11-7-16(23)13-21(19)26-22-14-17(24)8-12-20(22)25/h5-14H,2-4H2,1H3. The lowest BCUT2D eigenvalue weighted by molar-refractivity contribution is 0.795. The van der Waals surface area contributed by atoms with Gasteiger partial charge in [0.2, 0.25) is 0 Å². The molecule has 0 saturated heterocycles. The van der Waals surface area contributed by atoms with E-state index < -0.39 is 0 Å². The Morgan fingerprint density at radius 3 is 1.92 bits per heavy atom. The van der Waals surface area contributed by atoms with Crippen LogP contribution in [0.25, 0.3) is 0 Å². The fourth-order valence-electron chi connectivity index (χ4n) is 3.23. The third-order valence-corrected chi connectivity index (χ3v) is 6.64. The highest BCUT2D eigenvalue weighted by Crippen LogP contribution is 2.52. The van der Waals surface area contributed by atoms with Crippen LogP contribution in [0.5, 0.6) is 0 Å². The molecular formula is C22H19Br2NS. The number of fused-ring (bicyclic) bond motifs is 2. The molecule has 0 saturated carbocycles. The predicted molar refractivity (Wildman–Crippen MR) is 119 cm³/mol. The molecule has 0 aliphatic carbocycles. The summed E-state index contributed by atoms with van der Waals surface area (Å²) in [5.74, 6) is 0. The van der Waals surface area contributed by atoms with Crippen molar-refractivity contribution < 1.29 is 0 Å². The van der Waals surface area contributed by atoms with Crippen LogP contribution in [0.4, 0.5) is 17.1 Å². The van der Waals surface area contributed by atoms with Crippen LogP contribution in [0.3, 0.4) is 0 Å². The second-order valence-electron chi connectivity index (χ2n) is 6.43. The van der Waals surface area contributed by atoms with Gasteiger partial charge in [-0.15, -0.1) is 0 Å². The van der Waals surface area contributed by atoms with Crippen LogP contribution in [0.15, 0.2) is 79.4 Å². The Bertz CT molecular complexity index is 886. The number of halogens is 2. The molecule has 0 spiro atoms. The Balaban J connectivity index is 1.80. The normalized spacial score (nSPS) is 12.7. The van der Waals surface area contributed by atoms with Crippen LogP contribution in [0, 0.1) is 0 Å². The SMILES string of the molecule is CCCCc1ccc(N2c3ccc(Br)cc3Sc3cc(Br)ccc32)cc1. The molecule has 1 aliphatic rings. The van der Waals surface area contributed by atoms with Crippen LogP contribution in [0.2, 0.25) is 0 Å². The first-order chi connectivity index (χ1) is 12.7. The fraction of sp³-hybridized carbons (Fsp3) is 0.182. The molecule has 0 N–H and O–H groups in total. The first-order valence-electron chi connectivity index (χ1n) is 8.82. The van der Waals surface area contributed by atoms with Gasteiger partial charge in [0.15, 0.2) is 0 Å². The van der Waals surface area contributed by atoms with Crippen LogP contribution in [-0.2, 0) is 6.42 Å². The van der Waals surface area contributed by atoms with Crippen molar-refractivity contribution in [2.45, 2.75) is 36.0 Å². The van der Waals surface area contributed by atoms with Gasteiger partial charge in [-0.2, -0.15) is 0 Å². The van der Waals surface area contributed by atoms with E-state index >= 15 is 0 Å². The summed E-state index contributed by atoms with van der Waals surface area (Å²) in [6.45, 7) is 2.24. The summed E-state index contributed by atoms with van der Waals surface area (Å²) in [6, 6.07) is 22.1. The van der Waals surface area contributed by atoms with Crippen LogP contribution in [-0.4, -0.2) is 0 Å². The molecule has 1 aliphatic heterocycles. The van der Waals surface area contributed by atoms with Gasteiger partial charge in [-0.05, 0) is 66.9 Å². The number of unbranched alkanes of at least 4 members (excludes halogenated alkanes) is 1. The van der Waals surface area contributed by atoms with Gasteiger partial charge in [-0.3, -0.25) is 0 Å². The molecule has 1 heterocycles. The molecule has 0 fully saturated rings. The quantitative estimate of drug-likeness (QED) is 0.283. The molecule has 4 rings (SSSR count). The molecule has 0 aromatic heterocycles. The van der Waals surface area contributed by atoms with Crippen molar-refractivity contribution in [3.63, 3.8) is 0 Å². The summed E-state index contributed by atoms with van der Waals surface area (Å²) in [4.78, 5) is 4.89. The minimum Gasteiger partial charge on any atom is -0.308 e. The Labute approximate surface area is 176 Å². The summed E-state index contributed by atoms with van der Waals surface area (Å²) < 4.78 is 2.22. The van der Waals surface area contributed by atoms with E-state index in [1.54, 1.807) is 0 Å². The first kappa shape index (κ1) is 18.1.